The third-order valence-electron chi connectivity index (χ3n) is 6.80. The first-order chi connectivity index (χ1) is 13.2. The molecule has 6 nitrogen and oxygen atoms in total. The quantitative estimate of drug-likeness (QED) is 0.787. The van der Waals surface area contributed by atoms with Crippen LogP contribution in [0, 0.1) is 11.8 Å². The first-order valence-electron chi connectivity index (χ1n) is 10.5. The van der Waals surface area contributed by atoms with E-state index < -0.39 is 6.16 Å². The van der Waals surface area contributed by atoms with E-state index in [0.717, 1.165) is 36.7 Å². The number of likely N-dealkylation sites (tertiary alicyclic amines) is 1. The lowest BCUT2D eigenvalue weighted by molar-refractivity contribution is 0.0772. The fraction of sp³-hybridized carbons (Fsp3) is 0.714. The molecule has 1 N–H and O–H groups in total. The second-order valence-corrected chi connectivity index (χ2v) is 8.45. The highest BCUT2D eigenvalue weighted by molar-refractivity contribution is 5.60. The predicted molar refractivity (Wildman–Crippen MR) is 104 cm³/mol. The minimum atomic E-state index is -1.32. The molecule has 4 rings (SSSR count). The number of hydrogen-bond donors (Lipinski definition) is 1. The second-order valence-electron chi connectivity index (χ2n) is 8.45. The maximum absolute atomic E-state index is 10.5. The van der Waals surface area contributed by atoms with Crippen LogP contribution in [0.3, 0.4) is 0 Å². The van der Waals surface area contributed by atoms with Crippen molar-refractivity contribution < 1.29 is 14.6 Å². The fourth-order valence-electron chi connectivity index (χ4n) is 4.91. The smallest absolute Gasteiger partial charge is 0.449 e. The van der Waals surface area contributed by atoms with E-state index in [9.17, 15) is 4.79 Å². The van der Waals surface area contributed by atoms with E-state index in [4.69, 9.17) is 5.11 Å². The highest BCUT2D eigenvalue weighted by Crippen LogP contribution is 2.34. The third-order valence-corrected chi connectivity index (χ3v) is 6.80. The van der Waals surface area contributed by atoms with E-state index in [0.29, 0.717) is 0 Å². The summed E-state index contributed by atoms with van der Waals surface area (Å²) in [4.78, 5) is 19.7. The normalized spacial score (nSPS) is 23.2. The average molecular weight is 373 g/mol. The molecule has 6 heteroatoms. The van der Waals surface area contributed by atoms with Gasteiger partial charge in [-0.2, -0.15) is 0 Å². The Balaban J connectivity index is 1.19. The van der Waals surface area contributed by atoms with E-state index in [-0.39, 0.29) is 5.88 Å². The lowest BCUT2D eigenvalue weighted by Gasteiger charge is -2.43. The van der Waals surface area contributed by atoms with Gasteiger partial charge in [-0.1, -0.05) is 6.42 Å². The molecule has 1 saturated carbocycles. The molecule has 27 heavy (non-hydrogen) atoms. The number of aromatic nitrogens is 1. The van der Waals surface area contributed by atoms with Gasteiger partial charge in [0.25, 0.3) is 0 Å². The summed E-state index contributed by atoms with van der Waals surface area (Å²) >= 11 is 0. The number of rotatable bonds is 5. The van der Waals surface area contributed by atoms with Gasteiger partial charge in [-0.15, -0.1) is 0 Å². The van der Waals surface area contributed by atoms with Crippen LogP contribution in [-0.2, 0) is 0 Å². The molecule has 1 aromatic rings. The maximum Gasteiger partial charge on any atom is 0.512 e. The van der Waals surface area contributed by atoms with Gasteiger partial charge in [0.05, 0.1) is 11.9 Å². The number of piperidine rings is 2. The highest BCUT2D eigenvalue weighted by atomic mass is 16.7. The van der Waals surface area contributed by atoms with E-state index >= 15 is 0 Å². The molecule has 1 aromatic heterocycles. The minimum absolute atomic E-state index is 0.134. The van der Waals surface area contributed by atoms with Gasteiger partial charge in [-0.25, -0.2) is 9.78 Å². The molecule has 3 heterocycles. The van der Waals surface area contributed by atoms with Crippen LogP contribution in [0.15, 0.2) is 18.3 Å². The zero-order chi connectivity index (χ0) is 18.6. The molecule has 3 fully saturated rings. The molecule has 1 aliphatic carbocycles. The van der Waals surface area contributed by atoms with Gasteiger partial charge in [0.15, 0.2) is 0 Å². The molecule has 0 spiro atoms. The van der Waals surface area contributed by atoms with Crippen molar-refractivity contribution in [2.45, 2.75) is 57.4 Å². The van der Waals surface area contributed by atoms with Crippen LogP contribution in [0.2, 0.25) is 0 Å². The number of pyridine rings is 1. The standard InChI is InChI=1S/C21H31N3O3/c25-21(26)27-20-5-4-19(15-22-20)24-12-8-17(9-13-24)14-16-6-10-23(11-7-16)18-2-1-3-18/h4-5,15-18H,1-3,6-14H2,(H,25,26). The zero-order valence-corrected chi connectivity index (χ0v) is 16.1. The molecule has 0 atom stereocenters. The van der Waals surface area contributed by atoms with Crippen LogP contribution in [0.1, 0.15) is 51.4 Å². The predicted octanol–water partition coefficient (Wildman–Crippen LogP) is 4.01. The van der Waals surface area contributed by atoms with Crippen LogP contribution in [0.4, 0.5) is 10.5 Å². The van der Waals surface area contributed by atoms with E-state index in [1.807, 2.05) is 6.07 Å². The number of carboxylic acid groups (broad SMARTS) is 1. The summed E-state index contributed by atoms with van der Waals surface area (Å²) in [6, 6.07) is 4.45. The molecule has 2 saturated heterocycles. The zero-order valence-electron chi connectivity index (χ0n) is 16.1. The van der Waals surface area contributed by atoms with Gasteiger partial charge in [0.1, 0.15) is 0 Å². The summed E-state index contributed by atoms with van der Waals surface area (Å²) in [5.74, 6) is 1.91. The Hall–Kier alpha value is -1.82. The summed E-state index contributed by atoms with van der Waals surface area (Å²) in [6.45, 7) is 4.77. The summed E-state index contributed by atoms with van der Waals surface area (Å²) < 4.78 is 4.57. The van der Waals surface area contributed by atoms with Crippen molar-refractivity contribution in [3.63, 3.8) is 0 Å². The Bertz CT molecular complexity index is 616. The number of ether oxygens (including phenoxy) is 1. The Labute approximate surface area is 161 Å². The highest BCUT2D eigenvalue weighted by Gasteiger charge is 2.30. The molecule has 0 unspecified atom stereocenters. The Kier molecular flexibility index (Phi) is 5.81. The van der Waals surface area contributed by atoms with Crippen molar-refractivity contribution in [1.82, 2.24) is 9.88 Å². The largest absolute Gasteiger partial charge is 0.512 e. The lowest BCUT2D eigenvalue weighted by atomic mass is 9.81. The molecule has 2 aliphatic heterocycles. The topological polar surface area (TPSA) is 65.9 Å². The molecule has 3 aliphatic rings. The SMILES string of the molecule is O=C(O)Oc1ccc(N2CCC(CC3CCN(C4CCC4)CC3)CC2)cn1. The molecular formula is C21H31N3O3. The van der Waals surface area contributed by atoms with Gasteiger partial charge >= 0.3 is 6.16 Å². The molecule has 0 amide bonds. The van der Waals surface area contributed by atoms with Crippen molar-refractivity contribution in [3.05, 3.63) is 18.3 Å². The van der Waals surface area contributed by atoms with Crippen LogP contribution in [-0.4, -0.2) is 53.4 Å². The van der Waals surface area contributed by atoms with Gasteiger partial charge in [-0.3, -0.25) is 0 Å². The molecular weight excluding hydrogens is 342 g/mol. The summed E-state index contributed by atoms with van der Waals surface area (Å²) in [5, 5.41) is 8.63. The van der Waals surface area contributed by atoms with Crippen LogP contribution < -0.4 is 9.64 Å². The Morgan fingerprint density at radius 2 is 1.70 bits per heavy atom. The van der Waals surface area contributed by atoms with Crippen molar-refractivity contribution >= 4 is 11.8 Å². The number of hydrogen-bond acceptors (Lipinski definition) is 5. The molecule has 0 aromatic carbocycles. The summed E-state index contributed by atoms with van der Waals surface area (Å²) in [7, 11) is 0. The van der Waals surface area contributed by atoms with Crippen LogP contribution >= 0.6 is 0 Å². The second kappa shape index (κ2) is 8.46. The summed E-state index contributed by atoms with van der Waals surface area (Å²) in [6.07, 6.45) is 11.4. The Morgan fingerprint density at radius 1 is 1.04 bits per heavy atom. The molecule has 0 radical (unpaired) electrons. The van der Waals surface area contributed by atoms with Crippen LogP contribution in [0.5, 0.6) is 5.88 Å². The number of carbonyl (C=O) groups is 1. The van der Waals surface area contributed by atoms with Crippen molar-refractivity contribution in [3.8, 4) is 5.88 Å². The van der Waals surface area contributed by atoms with Gasteiger partial charge < -0.3 is 19.6 Å². The third kappa shape index (κ3) is 4.72. The molecule has 148 valence electrons. The van der Waals surface area contributed by atoms with E-state index in [2.05, 4.69) is 19.5 Å². The summed E-state index contributed by atoms with van der Waals surface area (Å²) in [5.41, 5.74) is 1.06. The average Bonchev–Trinajstić information content (AvgIpc) is 2.63. The number of anilines is 1. The van der Waals surface area contributed by atoms with Gasteiger partial charge in [0, 0.05) is 25.2 Å². The molecule has 0 bridgehead atoms. The van der Waals surface area contributed by atoms with Crippen molar-refractivity contribution in [1.29, 1.82) is 0 Å². The Morgan fingerprint density at radius 3 is 2.22 bits per heavy atom. The number of nitrogens with zero attached hydrogens (tertiary/aromatic N) is 3. The monoisotopic (exact) mass is 373 g/mol. The fourth-order valence-corrected chi connectivity index (χ4v) is 4.91. The van der Waals surface area contributed by atoms with E-state index in [1.54, 1.807) is 12.3 Å². The first kappa shape index (κ1) is 18.5. The van der Waals surface area contributed by atoms with Crippen molar-refractivity contribution in [2.24, 2.45) is 11.8 Å². The minimum Gasteiger partial charge on any atom is -0.449 e. The van der Waals surface area contributed by atoms with Crippen molar-refractivity contribution in [2.75, 3.05) is 31.1 Å². The first-order valence-corrected chi connectivity index (χ1v) is 10.5. The lowest BCUT2D eigenvalue weighted by Crippen LogP contribution is -2.45. The van der Waals surface area contributed by atoms with Crippen LogP contribution in [0.25, 0.3) is 0 Å². The van der Waals surface area contributed by atoms with Gasteiger partial charge in [-0.05, 0) is 75.9 Å². The van der Waals surface area contributed by atoms with E-state index in [1.165, 1.54) is 64.5 Å². The maximum atomic E-state index is 10.5. The van der Waals surface area contributed by atoms with Gasteiger partial charge in [0.2, 0.25) is 5.88 Å².